The molecule has 2 aromatic rings. The first kappa shape index (κ1) is 19.1. The number of Topliss-reactive ketones (excluding diaryl/α,β-unsaturated/α-hetero) is 1. The fourth-order valence-corrected chi connectivity index (χ4v) is 4.87. The van der Waals surface area contributed by atoms with Gasteiger partial charge in [0.15, 0.2) is 5.78 Å². The molecular weight excluding hydrogens is 375 g/mol. The van der Waals surface area contributed by atoms with E-state index < -0.39 is 5.83 Å². The second-order valence-corrected chi connectivity index (χ2v) is 7.92. The molecule has 0 spiro atoms. The summed E-state index contributed by atoms with van der Waals surface area (Å²) in [4.78, 5) is 16.7. The van der Waals surface area contributed by atoms with Crippen LogP contribution in [0.5, 0.6) is 0 Å². The predicted molar refractivity (Wildman–Crippen MR) is 111 cm³/mol. The van der Waals surface area contributed by atoms with Gasteiger partial charge in [0, 0.05) is 49.3 Å². The number of thiophene rings is 1. The van der Waals surface area contributed by atoms with Gasteiger partial charge in [0.25, 0.3) is 0 Å². The van der Waals surface area contributed by atoms with E-state index in [0.717, 1.165) is 55.3 Å². The van der Waals surface area contributed by atoms with Crippen LogP contribution in [0.25, 0.3) is 10.2 Å². The zero-order chi connectivity index (χ0) is 19.7. The monoisotopic (exact) mass is 398 g/mol. The van der Waals surface area contributed by atoms with Crippen LogP contribution in [0, 0.1) is 6.92 Å². The normalized spacial score (nSPS) is 18.1. The Bertz CT molecular complexity index is 1030. The maximum Gasteiger partial charge on any atom is 0.198 e. The molecule has 0 N–H and O–H groups in total. The molecule has 1 fully saturated rings. The Balaban J connectivity index is 1.69. The van der Waals surface area contributed by atoms with E-state index in [0.29, 0.717) is 17.6 Å². The lowest BCUT2D eigenvalue weighted by atomic mass is 9.94. The topological polar surface area (TPSA) is 34.5 Å². The lowest BCUT2D eigenvalue weighted by Crippen LogP contribution is -2.38. The SMILES string of the molecule is C=C=C1CC=CC(C(=O)c2c(C)n(CCN3CCOCC3)c3sccc23)=C1F. The third kappa shape index (κ3) is 3.33. The van der Waals surface area contributed by atoms with Crippen LogP contribution in [-0.4, -0.2) is 48.1 Å². The van der Waals surface area contributed by atoms with E-state index in [-0.39, 0.29) is 11.4 Å². The molecule has 3 heterocycles. The number of allylic oxidation sites excluding steroid dienone is 5. The number of halogens is 1. The highest BCUT2D eigenvalue weighted by atomic mass is 32.1. The van der Waals surface area contributed by atoms with E-state index >= 15 is 0 Å². The van der Waals surface area contributed by atoms with Crippen molar-refractivity contribution in [2.24, 2.45) is 0 Å². The van der Waals surface area contributed by atoms with Crippen molar-refractivity contribution in [1.82, 2.24) is 9.47 Å². The van der Waals surface area contributed by atoms with Crippen LogP contribution in [0.4, 0.5) is 4.39 Å². The van der Waals surface area contributed by atoms with Crippen LogP contribution in [0.1, 0.15) is 22.5 Å². The number of hydrogen-bond donors (Lipinski definition) is 0. The number of carbonyl (C=O) groups excluding carboxylic acids is 1. The predicted octanol–water partition coefficient (Wildman–Crippen LogP) is 4.42. The van der Waals surface area contributed by atoms with E-state index in [1.165, 1.54) is 0 Å². The molecule has 28 heavy (non-hydrogen) atoms. The summed E-state index contributed by atoms with van der Waals surface area (Å²) < 4.78 is 22.4. The summed E-state index contributed by atoms with van der Waals surface area (Å²) in [6, 6.07) is 1.96. The number of ketones is 1. The fourth-order valence-electron chi connectivity index (χ4n) is 3.88. The Kier molecular flexibility index (Phi) is 5.47. The maximum atomic E-state index is 14.7. The molecule has 0 atom stereocenters. The number of fused-ring (bicyclic) bond motifs is 1. The van der Waals surface area contributed by atoms with E-state index in [2.05, 4.69) is 21.8 Å². The van der Waals surface area contributed by atoms with Gasteiger partial charge in [0.05, 0.1) is 24.4 Å². The first-order chi connectivity index (χ1) is 13.6. The molecule has 0 aromatic carbocycles. The van der Waals surface area contributed by atoms with Gasteiger partial charge >= 0.3 is 0 Å². The van der Waals surface area contributed by atoms with Gasteiger partial charge in [-0.25, -0.2) is 4.39 Å². The minimum Gasteiger partial charge on any atom is -0.379 e. The summed E-state index contributed by atoms with van der Waals surface area (Å²) in [6.45, 7) is 10.6. The minimum absolute atomic E-state index is 0.0962. The lowest BCUT2D eigenvalue weighted by molar-refractivity contribution is 0.0365. The van der Waals surface area contributed by atoms with Gasteiger partial charge < -0.3 is 9.30 Å². The van der Waals surface area contributed by atoms with Crippen molar-refractivity contribution < 1.29 is 13.9 Å². The Hall–Kier alpha value is -2.24. The summed E-state index contributed by atoms with van der Waals surface area (Å²) in [5, 5.41) is 2.89. The van der Waals surface area contributed by atoms with Crippen molar-refractivity contribution in [2.75, 3.05) is 32.8 Å². The Morgan fingerprint density at radius 2 is 2.14 bits per heavy atom. The second-order valence-electron chi connectivity index (χ2n) is 7.02. The second kappa shape index (κ2) is 8.02. The summed E-state index contributed by atoms with van der Waals surface area (Å²) in [5.41, 5.74) is 4.54. The molecule has 4 nitrogen and oxygen atoms in total. The average Bonchev–Trinajstić information content (AvgIpc) is 3.27. The molecule has 6 heteroatoms. The van der Waals surface area contributed by atoms with E-state index in [9.17, 15) is 9.18 Å². The smallest absolute Gasteiger partial charge is 0.198 e. The van der Waals surface area contributed by atoms with Crippen molar-refractivity contribution in [3.8, 4) is 0 Å². The zero-order valence-electron chi connectivity index (χ0n) is 16.0. The molecule has 0 unspecified atom stereocenters. The number of morpholine rings is 1. The quantitative estimate of drug-likeness (QED) is 0.552. The number of carbonyl (C=O) groups is 1. The highest BCUT2D eigenvalue weighted by Gasteiger charge is 2.27. The van der Waals surface area contributed by atoms with Gasteiger partial charge in [-0.3, -0.25) is 9.69 Å². The molecule has 2 aromatic heterocycles. The Morgan fingerprint density at radius 3 is 2.89 bits per heavy atom. The van der Waals surface area contributed by atoms with Crippen LogP contribution < -0.4 is 0 Å². The zero-order valence-corrected chi connectivity index (χ0v) is 16.8. The number of hydrogen-bond acceptors (Lipinski definition) is 4. The largest absolute Gasteiger partial charge is 0.379 e. The van der Waals surface area contributed by atoms with Gasteiger partial charge in [-0.15, -0.1) is 17.1 Å². The molecular formula is C22H23FN2O2S. The number of ether oxygens (including phenoxy) is 1. The number of nitrogens with zero attached hydrogens (tertiary/aromatic N) is 2. The van der Waals surface area contributed by atoms with Gasteiger partial charge in [0.2, 0.25) is 0 Å². The molecule has 1 aliphatic heterocycles. The van der Waals surface area contributed by atoms with Gasteiger partial charge in [-0.05, 0) is 18.4 Å². The number of aromatic nitrogens is 1. The molecule has 0 amide bonds. The van der Waals surface area contributed by atoms with Crippen LogP contribution in [0.2, 0.25) is 0 Å². The standard InChI is InChI=1S/C22H23FN2O2S/c1-3-16-5-4-6-18(20(16)23)21(26)19-15(2)25(22-17(19)7-14-28-22)9-8-24-10-12-27-13-11-24/h4,6-7,14H,1,5,8-13H2,2H3. The van der Waals surface area contributed by atoms with Crippen LogP contribution in [0.3, 0.4) is 0 Å². The minimum atomic E-state index is -0.508. The summed E-state index contributed by atoms with van der Waals surface area (Å²) >= 11 is 1.62. The maximum absolute atomic E-state index is 14.7. The van der Waals surface area contributed by atoms with Gasteiger partial charge in [-0.1, -0.05) is 18.7 Å². The van der Waals surface area contributed by atoms with Crippen molar-refractivity contribution in [1.29, 1.82) is 0 Å². The highest BCUT2D eigenvalue weighted by molar-refractivity contribution is 7.16. The first-order valence-corrected chi connectivity index (χ1v) is 10.4. The van der Waals surface area contributed by atoms with Gasteiger partial charge in [0.1, 0.15) is 10.7 Å². The Morgan fingerprint density at radius 1 is 1.36 bits per heavy atom. The Labute approximate surface area is 167 Å². The summed E-state index contributed by atoms with van der Waals surface area (Å²) in [5.74, 6) is -0.779. The van der Waals surface area contributed by atoms with Crippen molar-refractivity contribution in [3.05, 3.63) is 64.1 Å². The van der Waals surface area contributed by atoms with Crippen LogP contribution in [0.15, 0.2) is 52.9 Å². The highest BCUT2D eigenvalue weighted by Crippen LogP contribution is 2.35. The molecule has 0 radical (unpaired) electrons. The molecule has 146 valence electrons. The third-order valence-electron chi connectivity index (χ3n) is 5.46. The number of rotatable bonds is 5. The first-order valence-electron chi connectivity index (χ1n) is 9.48. The van der Waals surface area contributed by atoms with Crippen molar-refractivity contribution >= 4 is 27.3 Å². The van der Waals surface area contributed by atoms with E-state index in [1.807, 2.05) is 18.4 Å². The van der Waals surface area contributed by atoms with Crippen LogP contribution in [-0.2, 0) is 11.3 Å². The van der Waals surface area contributed by atoms with E-state index in [4.69, 9.17) is 4.74 Å². The molecule has 0 bridgehead atoms. The van der Waals surface area contributed by atoms with Crippen molar-refractivity contribution in [3.63, 3.8) is 0 Å². The van der Waals surface area contributed by atoms with Gasteiger partial charge in [-0.2, -0.15) is 0 Å². The van der Waals surface area contributed by atoms with E-state index in [1.54, 1.807) is 23.5 Å². The summed E-state index contributed by atoms with van der Waals surface area (Å²) in [7, 11) is 0. The fraction of sp³-hybridized carbons (Fsp3) is 0.364. The molecule has 4 rings (SSSR count). The molecule has 1 saturated heterocycles. The summed E-state index contributed by atoms with van der Waals surface area (Å²) in [6.07, 6.45) is 3.79. The molecule has 1 aliphatic carbocycles. The molecule has 2 aliphatic rings. The van der Waals surface area contributed by atoms with Crippen LogP contribution >= 0.6 is 11.3 Å². The lowest BCUT2D eigenvalue weighted by Gasteiger charge is -2.26. The molecule has 0 saturated carbocycles. The van der Waals surface area contributed by atoms with Crippen molar-refractivity contribution in [2.45, 2.75) is 19.9 Å². The third-order valence-corrected chi connectivity index (χ3v) is 6.40. The average molecular weight is 399 g/mol.